The van der Waals surface area contributed by atoms with E-state index in [1.54, 1.807) is 25.1 Å². The second-order valence-corrected chi connectivity index (χ2v) is 7.56. The molecule has 0 saturated carbocycles. The highest BCUT2D eigenvalue weighted by molar-refractivity contribution is 7.89. The summed E-state index contributed by atoms with van der Waals surface area (Å²) in [7, 11) is -4.29. The summed E-state index contributed by atoms with van der Waals surface area (Å²) in [5, 5.41) is 2.70. The summed E-state index contributed by atoms with van der Waals surface area (Å²) >= 11 is 5.96. The zero-order chi connectivity index (χ0) is 19.5. The van der Waals surface area contributed by atoms with Gasteiger partial charge >= 0.3 is 6.18 Å². The van der Waals surface area contributed by atoms with Crippen molar-refractivity contribution in [2.75, 3.05) is 11.9 Å². The first-order chi connectivity index (χ1) is 12.0. The van der Waals surface area contributed by atoms with Crippen molar-refractivity contribution in [1.29, 1.82) is 0 Å². The lowest BCUT2D eigenvalue weighted by molar-refractivity contribution is -0.137. The number of hydrogen-bond acceptors (Lipinski definition) is 3. The molecule has 5 nitrogen and oxygen atoms in total. The smallest absolute Gasteiger partial charge is 0.324 e. The van der Waals surface area contributed by atoms with E-state index in [1.165, 1.54) is 0 Å². The van der Waals surface area contributed by atoms with Crippen LogP contribution in [0.25, 0.3) is 0 Å². The fourth-order valence-electron chi connectivity index (χ4n) is 2.00. The minimum atomic E-state index is -4.68. The number of benzene rings is 2. The van der Waals surface area contributed by atoms with E-state index in [4.69, 9.17) is 11.6 Å². The van der Waals surface area contributed by atoms with Crippen LogP contribution in [0.15, 0.2) is 47.4 Å². The van der Waals surface area contributed by atoms with Gasteiger partial charge in [0.2, 0.25) is 15.9 Å². The van der Waals surface area contributed by atoms with E-state index in [0.29, 0.717) is 11.8 Å². The van der Waals surface area contributed by atoms with E-state index in [0.717, 1.165) is 23.8 Å². The van der Waals surface area contributed by atoms with Gasteiger partial charge in [-0.1, -0.05) is 23.7 Å². The van der Waals surface area contributed by atoms with Crippen LogP contribution in [-0.2, 0) is 21.0 Å². The van der Waals surface area contributed by atoms with Gasteiger partial charge < -0.3 is 5.32 Å². The molecule has 2 N–H and O–H groups in total. The predicted molar refractivity (Wildman–Crippen MR) is 91.5 cm³/mol. The summed E-state index contributed by atoms with van der Waals surface area (Å²) < 4.78 is 64.2. The van der Waals surface area contributed by atoms with Crippen LogP contribution in [0.4, 0.5) is 18.9 Å². The van der Waals surface area contributed by atoms with Crippen LogP contribution in [0, 0.1) is 6.92 Å². The molecule has 0 radical (unpaired) electrons. The molecule has 10 heteroatoms. The van der Waals surface area contributed by atoms with E-state index in [9.17, 15) is 26.4 Å². The van der Waals surface area contributed by atoms with Crippen LogP contribution >= 0.6 is 11.6 Å². The highest BCUT2D eigenvalue weighted by Crippen LogP contribution is 2.30. The molecule has 0 atom stereocenters. The summed E-state index contributed by atoms with van der Waals surface area (Å²) in [4.78, 5) is 11.3. The van der Waals surface area contributed by atoms with Gasteiger partial charge in [-0.25, -0.2) is 13.1 Å². The molecule has 2 aromatic carbocycles. The van der Waals surface area contributed by atoms with Gasteiger partial charge in [0, 0.05) is 0 Å². The number of halogens is 4. The van der Waals surface area contributed by atoms with Crippen LogP contribution < -0.4 is 10.0 Å². The van der Waals surface area contributed by atoms with Gasteiger partial charge in [0.05, 0.1) is 27.7 Å². The standard InChI is InChI=1S/C16H14ClF3N2O3S/c1-10-5-6-14(13(17)7-10)22-15(23)9-21-26(24,25)12-4-2-3-11(8-12)16(18,19)20/h2-8,21H,9H2,1H3,(H,22,23). The molecule has 0 bridgehead atoms. The highest BCUT2D eigenvalue weighted by atomic mass is 35.5. The maximum atomic E-state index is 12.7. The van der Waals surface area contributed by atoms with Crippen molar-refractivity contribution in [3.05, 3.63) is 58.6 Å². The molecule has 0 aliphatic rings. The van der Waals surface area contributed by atoms with Gasteiger partial charge in [-0.05, 0) is 42.8 Å². The summed E-state index contributed by atoms with van der Waals surface area (Å²) in [6.45, 7) is 1.14. The summed E-state index contributed by atoms with van der Waals surface area (Å²) in [6.07, 6.45) is -4.68. The van der Waals surface area contributed by atoms with Gasteiger partial charge in [-0.15, -0.1) is 0 Å². The van der Waals surface area contributed by atoms with Crippen molar-refractivity contribution in [3.63, 3.8) is 0 Å². The van der Waals surface area contributed by atoms with Gasteiger partial charge in [-0.2, -0.15) is 13.2 Å². The van der Waals surface area contributed by atoms with Crippen molar-refractivity contribution < 1.29 is 26.4 Å². The number of rotatable bonds is 5. The summed E-state index contributed by atoms with van der Waals surface area (Å²) in [5.74, 6) is -0.716. The Morgan fingerprint density at radius 2 is 1.85 bits per heavy atom. The topological polar surface area (TPSA) is 75.3 Å². The molecular weight excluding hydrogens is 393 g/mol. The molecule has 0 aromatic heterocycles. The Labute approximate surface area is 153 Å². The third-order valence-corrected chi connectivity index (χ3v) is 5.00. The Hall–Kier alpha value is -2.10. The Morgan fingerprint density at radius 3 is 2.46 bits per heavy atom. The fraction of sp³-hybridized carbons (Fsp3) is 0.188. The monoisotopic (exact) mass is 406 g/mol. The predicted octanol–water partition coefficient (Wildman–Crippen LogP) is 3.58. The number of anilines is 1. The molecule has 0 saturated heterocycles. The molecule has 0 aliphatic carbocycles. The molecule has 0 heterocycles. The van der Waals surface area contributed by atoms with E-state index < -0.39 is 39.1 Å². The number of alkyl halides is 3. The number of carbonyl (C=O) groups excluding carboxylic acids is 1. The van der Waals surface area contributed by atoms with Gasteiger partial charge in [0.25, 0.3) is 0 Å². The number of hydrogen-bond donors (Lipinski definition) is 2. The molecule has 0 spiro atoms. The molecule has 0 aliphatic heterocycles. The molecule has 2 rings (SSSR count). The summed E-state index contributed by atoms with van der Waals surface area (Å²) in [6, 6.07) is 8.10. The Morgan fingerprint density at radius 1 is 1.15 bits per heavy atom. The van der Waals surface area contributed by atoms with Crippen LogP contribution in [0.2, 0.25) is 5.02 Å². The Balaban J connectivity index is 2.07. The molecule has 1 amide bonds. The fourth-order valence-corrected chi connectivity index (χ4v) is 3.31. The normalized spacial score (nSPS) is 12.0. The van der Waals surface area contributed by atoms with E-state index >= 15 is 0 Å². The van der Waals surface area contributed by atoms with Crippen molar-refractivity contribution in [2.45, 2.75) is 18.0 Å². The number of carbonyl (C=O) groups is 1. The number of sulfonamides is 1. The van der Waals surface area contributed by atoms with Crippen LogP contribution in [0.5, 0.6) is 0 Å². The second kappa shape index (κ2) is 7.65. The Bertz CT molecular complexity index is 931. The zero-order valence-corrected chi connectivity index (χ0v) is 15.0. The first kappa shape index (κ1) is 20.2. The molecule has 26 heavy (non-hydrogen) atoms. The Kier molecular flexibility index (Phi) is 5.94. The quantitative estimate of drug-likeness (QED) is 0.796. The van der Waals surface area contributed by atoms with Crippen LogP contribution in [-0.4, -0.2) is 20.9 Å². The van der Waals surface area contributed by atoms with Gasteiger partial charge in [0.15, 0.2) is 0 Å². The number of amides is 1. The highest BCUT2D eigenvalue weighted by Gasteiger charge is 2.31. The van der Waals surface area contributed by atoms with Crippen molar-refractivity contribution in [1.82, 2.24) is 4.72 Å². The van der Waals surface area contributed by atoms with E-state index in [-0.39, 0.29) is 5.02 Å². The number of aryl methyl sites for hydroxylation is 1. The van der Waals surface area contributed by atoms with Crippen molar-refractivity contribution in [3.8, 4) is 0 Å². The maximum Gasteiger partial charge on any atom is 0.416 e. The third-order valence-electron chi connectivity index (χ3n) is 3.29. The lowest BCUT2D eigenvalue weighted by Gasteiger charge is -2.11. The van der Waals surface area contributed by atoms with Gasteiger partial charge in [0.1, 0.15) is 0 Å². The van der Waals surface area contributed by atoms with Crippen molar-refractivity contribution in [2.24, 2.45) is 0 Å². The first-order valence-corrected chi connectivity index (χ1v) is 9.08. The van der Waals surface area contributed by atoms with E-state index in [2.05, 4.69) is 5.32 Å². The molecule has 2 aromatic rings. The largest absolute Gasteiger partial charge is 0.416 e. The van der Waals surface area contributed by atoms with Crippen LogP contribution in [0.1, 0.15) is 11.1 Å². The van der Waals surface area contributed by atoms with Crippen molar-refractivity contribution >= 4 is 33.2 Å². The van der Waals surface area contributed by atoms with Gasteiger partial charge in [-0.3, -0.25) is 4.79 Å². The minimum absolute atomic E-state index is 0.277. The maximum absolute atomic E-state index is 12.7. The molecule has 140 valence electrons. The second-order valence-electron chi connectivity index (χ2n) is 5.38. The average Bonchev–Trinajstić information content (AvgIpc) is 2.55. The van der Waals surface area contributed by atoms with Crippen LogP contribution in [0.3, 0.4) is 0 Å². The average molecular weight is 407 g/mol. The minimum Gasteiger partial charge on any atom is -0.324 e. The zero-order valence-electron chi connectivity index (χ0n) is 13.4. The first-order valence-electron chi connectivity index (χ1n) is 7.22. The SMILES string of the molecule is Cc1ccc(NC(=O)CNS(=O)(=O)c2cccc(C(F)(F)F)c2)c(Cl)c1. The van der Waals surface area contributed by atoms with E-state index in [1.807, 2.05) is 4.72 Å². The lowest BCUT2D eigenvalue weighted by atomic mass is 10.2. The molecule has 0 fully saturated rings. The number of nitrogens with one attached hydrogen (secondary N) is 2. The lowest BCUT2D eigenvalue weighted by Crippen LogP contribution is -2.33. The molecule has 0 unspecified atom stereocenters. The summed E-state index contributed by atoms with van der Waals surface area (Å²) in [5.41, 5.74) is 0.0649. The molecular formula is C16H14ClF3N2O3S. The third kappa shape index (κ3) is 5.20.